The summed E-state index contributed by atoms with van der Waals surface area (Å²) >= 11 is 19.6. The standard InChI is InChI=1S/C15H12Cl3N3S/c1-2-9-6-10-13(20-15(18)21-14(10)22-9)19-7-8-3-4-11(16)12(17)5-8/h3-6H,2,7H2,1H3,(H,19,20,21). The second kappa shape index (κ2) is 6.59. The molecule has 3 aromatic rings. The van der Waals surface area contributed by atoms with Gasteiger partial charge in [-0.15, -0.1) is 11.3 Å². The minimum Gasteiger partial charge on any atom is -0.365 e. The number of hydrogen-bond donors (Lipinski definition) is 1. The summed E-state index contributed by atoms with van der Waals surface area (Å²) < 4.78 is 0. The van der Waals surface area contributed by atoms with Gasteiger partial charge in [0, 0.05) is 11.4 Å². The minimum absolute atomic E-state index is 0.244. The average molecular weight is 373 g/mol. The number of anilines is 1. The molecule has 0 aliphatic heterocycles. The Hall–Kier alpha value is -1.07. The lowest BCUT2D eigenvalue weighted by atomic mass is 10.2. The zero-order valence-electron chi connectivity index (χ0n) is 11.7. The number of benzene rings is 1. The van der Waals surface area contributed by atoms with Crippen molar-refractivity contribution >= 4 is 62.2 Å². The number of aromatic nitrogens is 2. The van der Waals surface area contributed by atoms with Crippen LogP contribution in [0, 0.1) is 0 Å². The molecule has 2 heterocycles. The molecule has 0 unspecified atom stereocenters. The van der Waals surface area contributed by atoms with Gasteiger partial charge < -0.3 is 5.32 Å². The van der Waals surface area contributed by atoms with Crippen molar-refractivity contribution in [3.63, 3.8) is 0 Å². The number of halogens is 3. The van der Waals surface area contributed by atoms with Gasteiger partial charge in [0.2, 0.25) is 5.28 Å². The maximum atomic E-state index is 6.03. The van der Waals surface area contributed by atoms with Gasteiger partial charge in [0.1, 0.15) is 10.6 Å². The van der Waals surface area contributed by atoms with Crippen LogP contribution in [-0.2, 0) is 13.0 Å². The predicted molar refractivity (Wildman–Crippen MR) is 95.6 cm³/mol. The maximum Gasteiger partial charge on any atom is 0.225 e. The van der Waals surface area contributed by atoms with Crippen LogP contribution in [-0.4, -0.2) is 9.97 Å². The van der Waals surface area contributed by atoms with Crippen molar-refractivity contribution in [3.8, 4) is 0 Å². The summed E-state index contributed by atoms with van der Waals surface area (Å²) in [6, 6.07) is 7.64. The number of aryl methyl sites for hydroxylation is 1. The van der Waals surface area contributed by atoms with Gasteiger partial charge in [0.25, 0.3) is 0 Å². The monoisotopic (exact) mass is 371 g/mol. The van der Waals surface area contributed by atoms with Crippen LogP contribution in [0.1, 0.15) is 17.4 Å². The number of nitrogens with zero attached hydrogens (tertiary/aromatic N) is 2. The highest BCUT2D eigenvalue weighted by Gasteiger charge is 2.10. The topological polar surface area (TPSA) is 37.8 Å². The van der Waals surface area contributed by atoms with Gasteiger partial charge in [-0.3, -0.25) is 0 Å². The van der Waals surface area contributed by atoms with Crippen molar-refractivity contribution in [2.75, 3.05) is 5.32 Å². The Morgan fingerprint density at radius 3 is 2.64 bits per heavy atom. The molecule has 0 bridgehead atoms. The summed E-state index contributed by atoms with van der Waals surface area (Å²) in [5, 5.41) is 5.62. The molecule has 0 aliphatic rings. The van der Waals surface area contributed by atoms with E-state index in [0.29, 0.717) is 16.6 Å². The van der Waals surface area contributed by atoms with Crippen molar-refractivity contribution < 1.29 is 0 Å². The highest BCUT2D eigenvalue weighted by molar-refractivity contribution is 7.18. The molecule has 0 spiro atoms. The first-order chi connectivity index (χ1) is 10.6. The quantitative estimate of drug-likeness (QED) is 0.586. The fraction of sp³-hybridized carbons (Fsp3) is 0.200. The molecule has 2 aromatic heterocycles. The summed E-state index contributed by atoms with van der Waals surface area (Å²) in [4.78, 5) is 10.7. The predicted octanol–water partition coefficient (Wildman–Crippen LogP) is 5.83. The average Bonchev–Trinajstić information content (AvgIpc) is 2.91. The summed E-state index contributed by atoms with van der Waals surface area (Å²) in [6.07, 6.45) is 0.963. The molecular weight excluding hydrogens is 361 g/mol. The van der Waals surface area contributed by atoms with E-state index in [9.17, 15) is 0 Å². The fourth-order valence-corrected chi connectivity index (χ4v) is 3.60. The van der Waals surface area contributed by atoms with Crippen molar-refractivity contribution in [1.29, 1.82) is 0 Å². The van der Waals surface area contributed by atoms with E-state index in [0.717, 1.165) is 28.0 Å². The molecule has 7 heteroatoms. The van der Waals surface area contributed by atoms with Crippen LogP contribution in [0.3, 0.4) is 0 Å². The van der Waals surface area contributed by atoms with E-state index in [1.165, 1.54) is 4.88 Å². The Labute approximate surface area is 147 Å². The van der Waals surface area contributed by atoms with Crippen LogP contribution >= 0.6 is 46.1 Å². The summed E-state index contributed by atoms with van der Waals surface area (Å²) in [5.74, 6) is 0.733. The largest absolute Gasteiger partial charge is 0.365 e. The van der Waals surface area contributed by atoms with Crippen LogP contribution in [0.25, 0.3) is 10.2 Å². The molecule has 0 atom stereocenters. The minimum atomic E-state index is 0.244. The summed E-state index contributed by atoms with van der Waals surface area (Å²) in [7, 11) is 0. The second-order valence-electron chi connectivity index (χ2n) is 4.73. The van der Waals surface area contributed by atoms with E-state index in [-0.39, 0.29) is 5.28 Å². The fourth-order valence-electron chi connectivity index (χ4n) is 2.09. The molecule has 0 saturated heterocycles. The van der Waals surface area contributed by atoms with Gasteiger partial charge >= 0.3 is 0 Å². The van der Waals surface area contributed by atoms with Crippen molar-refractivity contribution in [1.82, 2.24) is 9.97 Å². The van der Waals surface area contributed by atoms with Gasteiger partial charge in [-0.05, 0) is 41.8 Å². The van der Waals surface area contributed by atoms with Gasteiger partial charge in [-0.1, -0.05) is 36.2 Å². The lowest BCUT2D eigenvalue weighted by Crippen LogP contribution is -2.02. The molecule has 3 nitrogen and oxygen atoms in total. The zero-order chi connectivity index (χ0) is 15.7. The second-order valence-corrected chi connectivity index (χ2v) is 7.00. The van der Waals surface area contributed by atoms with Crippen molar-refractivity contribution in [3.05, 3.63) is 50.0 Å². The SMILES string of the molecule is CCc1cc2c(NCc3ccc(Cl)c(Cl)c3)nc(Cl)nc2s1. The first-order valence-electron chi connectivity index (χ1n) is 6.70. The van der Waals surface area contributed by atoms with Gasteiger partial charge in [-0.25, -0.2) is 9.97 Å². The molecule has 0 saturated carbocycles. The summed E-state index contributed by atoms with van der Waals surface area (Å²) in [5.41, 5.74) is 1.02. The molecule has 3 rings (SSSR count). The third kappa shape index (κ3) is 3.30. The number of rotatable bonds is 4. The van der Waals surface area contributed by atoms with Crippen LogP contribution < -0.4 is 5.32 Å². The molecule has 1 aromatic carbocycles. The van der Waals surface area contributed by atoms with E-state index < -0.39 is 0 Å². The zero-order valence-corrected chi connectivity index (χ0v) is 14.7. The van der Waals surface area contributed by atoms with Gasteiger partial charge in [-0.2, -0.15) is 0 Å². The Balaban J connectivity index is 1.89. The first-order valence-corrected chi connectivity index (χ1v) is 8.65. The third-order valence-corrected chi connectivity index (χ3v) is 5.29. The van der Waals surface area contributed by atoms with E-state index >= 15 is 0 Å². The van der Waals surface area contributed by atoms with Crippen molar-refractivity contribution in [2.24, 2.45) is 0 Å². The lowest BCUT2D eigenvalue weighted by Gasteiger charge is -2.08. The number of thiophene rings is 1. The number of hydrogen-bond acceptors (Lipinski definition) is 4. The molecule has 0 radical (unpaired) electrons. The Kier molecular flexibility index (Phi) is 4.73. The molecule has 22 heavy (non-hydrogen) atoms. The Morgan fingerprint density at radius 2 is 1.91 bits per heavy atom. The Bertz CT molecular complexity index is 832. The molecule has 0 amide bonds. The van der Waals surface area contributed by atoms with Gasteiger partial charge in [0.15, 0.2) is 0 Å². The van der Waals surface area contributed by atoms with E-state index in [1.54, 1.807) is 17.4 Å². The first kappa shape index (κ1) is 15.8. The van der Waals surface area contributed by atoms with Gasteiger partial charge in [0.05, 0.1) is 15.4 Å². The normalized spacial score (nSPS) is 11.1. The maximum absolute atomic E-state index is 6.03. The van der Waals surface area contributed by atoms with Crippen LogP contribution in [0.15, 0.2) is 24.3 Å². The molecule has 0 aliphatic carbocycles. The summed E-state index contributed by atoms with van der Waals surface area (Å²) in [6.45, 7) is 2.69. The number of nitrogens with one attached hydrogen (secondary N) is 1. The van der Waals surface area contributed by atoms with Crippen LogP contribution in [0.2, 0.25) is 15.3 Å². The molecule has 0 fully saturated rings. The molecule has 114 valence electrons. The highest BCUT2D eigenvalue weighted by atomic mass is 35.5. The molecular formula is C15H12Cl3N3S. The Morgan fingerprint density at radius 1 is 1.09 bits per heavy atom. The number of fused-ring (bicyclic) bond motifs is 1. The third-order valence-electron chi connectivity index (χ3n) is 3.21. The molecule has 1 N–H and O–H groups in total. The van der Waals surface area contributed by atoms with Crippen LogP contribution in [0.4, 0.5) is 5.82 Å². The lowest BCUT2D eigenvalue weighted by molar-refractivity contribution is 1.10. The van der Waals surface area contributed by atoms with Crippen molar-refractivity contribution in [2.45, 2.75) is 19.9 Å². The van der Waals surface area contributed by atoms with E-state index in [2.05, 4.69) is 28.3 Å². The highest BCUT2D eigenvalue weighted by Crippen LogP contribution is 2.31. The van der Waals surface area contributed by atoms with E-state index in [4.69, 9.17) is 34.8 Å². The smallest absolute Gasteiger partial charge is 0.225 e. The van der Waals surface area contributed by atoms with E-state index in [1.807, 2.05) is 12.1 Å². The van der Waals surface area contributed by atoms with Crippen LogP contribution in [0.5, 0.6) is 0 Å².